The van der Waals surface area contributed by atoms with Crippen molar-refractivity contribution in [3.05, 3.63) is 42.2 Å². The van der Waals surface area contributed by atoms with Crippen LogP contribution in [0.3, 0.4) is 0 Å². The Bertz CT molecular complexity index is 715. The SMILES string of the molecule is CCCCCCCCCCCCc1cnc(-c2ccc(OC(CCCCC)OC)cc2)nc1. The van der Waals surface area contributed by atoms with Crippen LogP contribution < -0.4 is 4.74 Å². The number of nitrogens with zero attached hydrogens (tertiary/aromatic N) is 2. The predicted molar refractivity (Wildman–Crippen MR) is 139 cm³/mol. The van der Waals surface area contributed by atoms with Crippen molar-refractivity contribution in [1.82, 2.24) is 9.97 Å². The van der Waals surface area contributed by atoms with Gasteiger partial charge in [0.15, 0.2) is 12.1 Å². The zero-order valence-electron chi connectivity index (χ0n) is 21.4. The Balaban J connectivity index is 1.67. The van der Waals surface area contributed by atoms with Crippen LogP contribution in [0.15, 0.2) is 36.7 Å². The lowest BCUT2D eigenvalue weighted by Crippen LogP contribution is -2.18. The Morgan fingerprint density at radius 3 is 1.82 bits per heavy atom. The first-order chi connectivity index (χ1) is 16.3. The highest BCUT2D eigenvalue weighted by molar-refractivity contribution is 5.55. The third-order valence-electron chi connectivity index (χ3n) is 6.21. The zero-order valence-corrected chi connectivity index (χ0v) is 21.4. The molecule has 0 bridgehead atoms. The number of rotatable bonds is 19. The summed E-state index contributed by atoms with van der Waals surface area (Å²) < 4.78 is 11.4. The molecule has 2 rings (SSSR count). The molecule has 1 aromatic carbocycles. The predicted octanol–water partition coefficient (Wildman–Crippen LogP) is 8.54. The summed E-state index contributed by atoms with van der Waals surface area (Å²) in [5, 5.41) is 0. The molecule has 0 radical (unpaired) electrons. The lowest BCUT2D eigenvalue weighted by Gasteiger charge is -2.17. The van der Waals surface area contributed by atoms with E-state index in [1.807, 2.05) is 36.7 Å². The van der Waals surface area contributed by atoms with Gasteiger partial charge in [-0.2, -0.15) is 0 Å². The summed E-state index contributed by atoms with van der Waals surface area (Å²) in [4.78, 5) is 9.19. The van der Waals surface area contributed by atoms with Gasteiger partial charge in [-0.05, 0) is 49.1 Å². The molecule has 0 aliphatic carbocycles. The van der Waals surface area contributed by atoms with E-state index in [4.69, 9.17) is 9.47 Å². The minimum absolute atomic E-state index is 0.191. The highest BCUT2D eigenvalue weighted by atomic mass is 16.7. The minimum atomic E-state index is -0.191. The monoisotopic (exact) mass is 454 g/mol. The van der Waals surface area contributed by atoms with E-state index in [2.05, 4.69) is 23.8 Å². The van der Waals surface area contributed by atoms with Gasteiger partial charge in [0.1, 0.15) is 5.75 Å². The van der Waals surface area contributed by atoms with Gasteiger partial charge < -0.3 is 9.47 Å². The molecule has 0 aliphatic heterocycles. The van der Waals surface area contributed by atoms with Gasteiger partial charge in [-0.25, -0.2) is 9.97 Å². The lowest BCUT2D eigenvalue weighted by molar-refractivity contribution is -0.0593. The standard InChI is InChI=1S/C29H46N2O2/c1-4-6-8-9-10-11-12-13-14-16-17-25-23-30-29(31-24-25)26-19-21-27(22-20-26)33-28(32-3)18-15-7-5-2/h19-24,28H,4-18H2,1-3H3. The molecule has 1 atom stereocenters. The number of methoxy groups -OCH3 is 1. The Hall–Kier alpha value is -1.94. The Labute approximate surface area is 202 Å². The zero-order chi connectivity index (χ0) is 23.6. The fourth-order valence-electron chi connectivity index (χ4n) is 4.07. The molecule has 0 saturated heterocycles. The van der Waals surface area contributed by atoms with Gasteiger partial charge in [0, 0.05) is 31.5 Å². The van der Waals surface area contributed by atoms with E-state index in [9.17, 15) is 0 Å². The third-order valence-corrected chi connectivity index (χ3v) is 6.21. The van der Waals surface area contributed by atoms with E-state index in [1.54, 1.807) is 7.11 Å². The largest absolute Gasteiger partial charge is 0.465 e. The lowest BCUT2D eigenvalue weighted by atomic mass is 10.0. The second kappa shape index (κ2) is 17.5. The molecule has 2 aromatic rings. The van der Waals surface area contributed by atoms with Crippen LogP contribution >= 0.6 is 0 Å². The Morgan fingerprint density at radius 2 is 1.24 bits per heavy atom. The van der Waals surface area contributed by atoms with E-state index in [1.165, 1.54) is 82.6 Å². The van der Waals surface area contributed by atoms with Crippen molar-refractivity contribution in [2.24, 2.45) is 0 Å². The van der Waals surface area contributed by atoms with Crippen molar-refractivity contribution >= 4 is 0 Å². The molecular weight excluding hydrogens is 408 g/mol. The van der Waals surface area contributed by atoms with E-state index in [0.717, 1.165) is 36.4 Å². The maximum Gasteiger partial charge on any atom is 0.199 e. The van der Waals surface area contributed by atoms with Gasteiger partial charge in [-0.3, -0.25) is 0 Å². The van der Waals surface area contributed by atoms with Gasteiger partial charge in [-0.15, -0.1) is 0 Å². The van der Waals surface area contributed by atoms with Crippen molar-refractivity contribution in [3.8, 4) is 17.1 Å². The molecule has 0 N–H and O–H groups in total. The van der Waals surface area contributed by atoms with Crippen molar-refractivity contribution in [1.29, 1.82) is 0 Å². The van der Waals surface area contributed by atoms with Crippen LogP contribution in [0.25, 0.3) is 11.4 Å². The summed E-state index contributed by atoms with van der Waals surface area (Å²) in [7, 11) is 1.70. The van der Waals surface area contributed by atoms with Crippen LogP contribution in [0.5, 0.6) is 5.75 Å². The van der Waals surface area contributed by atoms with Crippen LogP contribution in [-0.2, 0) is 11.2 Å². The fourth-order valence-corrected chi connectivity index (χ4v) is 4.07. The van der Waals surface area contributed by atoms with Gasteiger partial charge in [-0.1, -0.05) is 84.5 Å². The minimum Gasteiger partial charge on any atom is -0.465 e. The number of ether oxygens (including phenoxy) is 2. The Morgan fingerprint density at radius 1 is 0.697 bits per heavy atom. The molecule has 4 heteroatoms. The molecular formula is C29H46N2O2. The van der Waals surface area contributed by atoms with Gasteiger partial charge >= 0.3 is 0 Å². The van der Waals surface area contributed by atoms with Gasteiger partial charge in [0.25, 0.3) is 0 Å². The van der Waals surface area contributed by atoms with Crippen LogP contribution in [0.4, 0.5) is 0 Å². The summed E-state index contributed by atoms with van der Waals surface area (Å²) >= 11 is 0. The highest BCUT2D eigenvalue weighted by Gasteiger charge is 2.09. The molecule has 0 spiro atoms. The van der Waals surface area contributed by atoms with Crippen LogP contribution in [0.1, 0.15) is 109 Å². The molecule has 1 aromatic heterocycles. The first-order valence-electron chi connectivity index (χ1n) is 13.4. The summed E-state index contributed by atoms with van der Waals surface area (Å²) in [6.07, 6.45) is 22.9. The number of aromatic nitrogens is 2. The molecule has 1 unspecified atom stereocenters. The average molecular weight is 455 g/mol. The summed E-state index contributed by atoms with van der Waals surface area (Å²) in [6.45, 7) is 4.48. The normalized spacial score (nSPS) is 12.1. The highest BCUT2D eigenvalue weighted by Crippen LogP contribution is 2.22. The van der Waals surface area contributed by atoms with Crippen molar-refractivity contribution < 1.29 is 9.47 Å². The second-order valence-electron chi connectivity index (χ2n) is 9.15. The summed E-state index contributed by atoms with van der Waals surface area (Å²) in [5.74, 6) is 1.58. The molecule has 33 heavy (non-hydrogen) atoms. The number of hydrogen-bond donors (Lipinski definition) is 0. The smallest absolute Gasteiger partial charge is 0.199 e. The van der Waals surface area contributed by atoms with Crippen LogP contribution in [-0.4, -0.2) is 23.4 Å². The van der Waals surface area contributed by atoms with Crippen LogP contribution in [0.2, 0.25) is 0 Å². The van der Waals surface area contributed by atoms with Gasteiger partial charge in [0.05, 0.1) is 0 Å². The molecule has 1 heterocycles. The summed E-state index contributed by atoms with van der Waals surface area (Å²) in [6, 6.07) is 7.99. The number of aryl methyl sites for hydroxylation is 1. The van der Waals surface area contributed by atoms with E-state index in [0.29, 0.717) is 0 Å². The number of benzene rings is 1. The number of hydrogen-bond acceptors (Lipinski definition) is 4. The van der Waals surface area contributed by atoms with Gasteiger partial charge in [0.2, 0.25) is 0 Å². The molecule has 0 amide bonds. The topological polar surface area (TPSA) is 44.2 Å². The van der Waals surface area contributed by atoms with Crippen molar-refractivity contribution in [2.75, 3.05) is 7.11 Å². The second-order valence-corrected chi connectivity index (χ2v) is 9.15. The first-order valence-corrected chi connectivity index (χ1v) is 13.4. The molecule has 0 fully saturated rings. The van der Waals surface area contributed by atoms with E-state index in [-0.39, 0.29) is 6.29 Å². The van der Waals surface area contributed by atoms with Crippen molar-refractivity contribution in [3.63, 3.8) is 0 Å². The summed E-state index contributed by atoms with van der Waals surface area (Å²) in [5.41, 5.74) is 2.24. The van der Waals surface area contributed by atoms with Crippen molar-refractivity contribution in [2.45, 2.75) is 116 Å². The third kappa shape index (κ3) is 11.7. The number of unbranched alkanes of at least 4 members (excludes halogenated alkanes) is 11. The Kier molecular flexibility index (Phi) is 14.5. The van der Waals surface area contributed by atoms with Crippen LogP contribution in [0, 0.1) is 0 Å². The average Bonchev–Trinajstić information content (AvgIpc) is 2.85. The maximum atomic E-state index is 5.96. The first kappa shape index (κ1) is 27.3. The van der Waals surface area contributed by atoms with E-state index >= 15 is 0 Å². The maximum absolute atomic E-state index is 5.96. The quantitative estimate of drug-likeness (QED) is 0.157. The van der Waals surface area contributed by atoms with E-state index < -0.39 is 0 Å². The molecule has 184 valence electrons. The fraction of sp³-hybridized carbons (Fsp3) is 0.655. The molecule has 0 aliphatic rings. The molecule has 0 saturated carbocycles. The molecule has 4 nitrogen and oxygen atoms in total.